The number of aryl methyl sites for hydroxylation is 3. The number of nitro groups is 1. The predicted molar refractivity (Wildman–Crippen MR) is 102 cm³/mol. The number of hydrogen-bond acceptors (Lipinski definition) is 7. The summed E-state index contributed by atoms with van der Waals surface area (Å²) >= 11 is 1.11. The molecule has 0 saturated carbocycles. The highest BCUT2D eigenvalue weighted by Crippen LogP contribution is 2.26. The van der Waals surface area contributed by atoms with Gasteiger partial charge in [-0.1, -0.05) is 41.1 Å². The fourth-order valence-corrected chi connectivity index (χ4v) is 3.33. The normalized spacial score (nSPS) is 10.8. The number of rotatable bonds is 6. The minimum Gasteiger partial charge on any atom is -0.411 e. The highest BCUT2D eigenvalue weighted by molar-refractivity contribution is 7.99. The quantitative estimate of drug-likeness (QED) is 0.266. The third kappa shape index (κ3) is 4.40. The number of ketones is 1. The van der Waals surface area contributed by atoms with Crippen LogP contribution in [0.1, 0.15) is 27.0 Å². The van der Waals surface area contributed by atoms with Gasteiger partial charge in [0.25, 0.3) is 10.9 Å². The number of carbonyl (C=O) groups is 1. The second-order valence-electron chi connectivity index (χ2n) is 6.22. The number of hydrogen-bond donors (Lipinski definition) is 0. The van der Waals surface area contributed by atoms with E-state index in [-0.39, 0.29) is 28.0 Å². The van der Waals surface area contributed by atoms with Crippen molar-refractivity contribution in [1.29, 1.82) is 0 Å². The predicted octanol–water partition coefficient (Wildman–Crippen LogP) is 4.55. The Hall–Kier alpha value is -3.00. The van der Waals surface area contributed by atoms with Gasteiger partial charge in [-0.2, -0.15) is 0 Å². The molecule has 0 unspecified atom stereocenters. The summed E-state index contributed by atoms with van der Waals surface area (Å²) in [4.78, 5) is 22.9. The zero-order valence-corrected chi connectivity index (χ0v) is 15.9. The Labute approximate surface area is 160 Å². The van der Waals surface area contributed by atoms with E-state index in [0.717, 1.165) is 28.5 Å². The molecule has 0 radical (unpaired) electrons. The lowest BCUT2D eigenvalue weighted by Gasteiger charge is -2.02. The number of thioether (sulfide) groups is 1. The third-order valence-corrected chi connectivity index (χ3v) is 4.75. The average molecular weight is 383 g/mol. The van der Waals surface area contributed by atoms with Gasteiger partial charge in [-0.15, -0.1) is 10.2 Å². The first-order chi connectivity index (χ1) is 12.8. The molecule has 0 aliphatic carbocycles. The number of carbonyl (C=O) groups excluding carboxylic acids is 1. The van der Waals surface area contributed by atoms with Crippen molar-refractivity contribution in [3.8, 4) is 11.5 Å². The Morgan fingerprint density at radius 1 is 1.11 bits per heavy atom. The van der Waals surface area contributed by atoms with Crippen LogP contribution in [0.2, 0.25) is 0 Å². The maximum absolute atomic E-state index is 12.3. The Bertz CT molecular complexity index is 1010. The van der Waals surface area contributed by atoms with Gasteiger partial charge in [-0.3, -0.25) is 14.9 Å². The molecular weight excluding hydrogens is 366 g/mol. The van der Waals surface area contributed by atoms with E-state index >= 15 is 0 Å². The zero-order chi connectivity index (χ0) is 19.6. The molecule has 3 aromatic rings. The van der Waals surface area contributed by atoms with Crippen LogP contribution in [0.25, 0.3) is 11.5 Å². The van der Waals surface area contributed by atoms with Gasteiger partial charge in [-0.25, -0.2) is 0 Å². The van der Waals surface area contributed by atoms with Crippen LogP contribution in [0.5, 0.6) is 0 Å². The zero-order valence-electron chi connectivity index (χ0n) is 15.1. The van der Waals surface area contributed by atoms with Crippen LogP contribution in [-0.4, -0.2) is 26.7 Å². The van der Waals surface area contributed by atoms with Crippen molar-refractivity contribution < 1.29 is 14.1 Å². The van der Waals surface area contributed by atoms with Crippen molar-refractivity contribution in [2.24, 2.45) is 0 Å². The number of benzene rings is 2. The lowest BCUT2D eigenvalue weighted by molar-refractivity contribution is -0.385. The molecule has 0 atom stereocenters. The maximum Gasteiger partial charge on any atom is 0.277 e. The second kappa shape index (κ2) is 7.71. The van der Waals surface area contributed by atoms with Crippen LogP contribution in [0, 0.1) is 30.9 Å². The fraction of sp³-hybridized carbons (Fsp3) is 0.211. The minimum atomic E-state index is -0.493. The van der Waals surface area contributed by atoms with Crippen LogP contribution in [0.4, 0.5) is 5.69 Å². The third-order valence-electron chi connectivity index (χ3n) is 3.93. The highest BCUT2D eigenvalue weighted by atomic mass is 32.2. The molecule has 7 nitrogen and oxygen atoms in total. The molecule has 2 aromatic carbocycles. The van der Waals surface area contributed by atoms with Crippen LogP contribution >= 0.6 is 11.8 Å². The molecule has 0 bridgehead atoms. The van der Waals surface area contributed by atoms with Crippen LogP contribution in [0.3, 0.4) is 0 Å². The Balaban J connectivity index is 1.71. The summed E-state index contributed by atoms with van der Waals surface area (Å²) in [6.45, 7) is 5.61. The van der Waals surface area contributed by atoms with E-state index in [9.17, 15) is 14.9 Å². The molecule has 0 fully saturated rings. The van der Waals surface area contributed by atoms with Gasteiger partial charge in [0.1, 0.15) is 0 Å². The topological polar surface area (TPSA) is 99.1 Å². The van der Waals surface area contributed by atoms with Crippen molar-refractivity contribution in [3.63, 3.8) is 0 Å². The summed E-state index contributed by atoms with van der Waals surface area (Å²) in [7, 11) is 0. The van der Waals surface area contributed by atoms with Crippen LogP contribution in [-0.2, 0) is 0 Å². The molecule has 0 aliphatic heterocycles. The molecule has 0 saturated heterocycles. The first-order valence-corrected chi connectivity index (χ1v) is 9.15. The lowest BCUT2D eigenvalue weighted by Crippen LogP contribution is -2.04. The Morgan fingerprint density at radius 2 is 1.81 bits per heavy atom. The second-order valence-corrected chi connectivity index (χ2v) is 7.15. The largest absolute Gasteiger partial charge is 0.411 e. The SMILES string of the molecule is Cc1cc(C)cc(-c2nnc(SCC(=O)c3ccc(C)c([N+](=O)[O-])c3)o2)c1. The van der Waals surface area contributed by atoms with Crippen molar-refractivity contribution in [2.75, 3.05) is 5.75 Å². The average Bonchev–Trinajstić information content (AvgIpc) is 3.08. The number of aromatic nitrogens is 2. The van der Waals surface area contributed by atoms with Gasteiger partial charge in [0.2, 0.25) is 5.89 Å². The summed E-state index contributed by atoms with van der Waals surface area (Å²) in [6.07, 6.45) is 0. The lowest BCUT2D eigenvalue weighted by atomic mass is 10.1. The molecule has 138 valence electrons. The number of Topliss-reactive ketones (excluding diaryl/α,β-unsaturated/α-hetero) is 1. The molecule has 27 heavy (non-hydrogen) atoms. The van der Waals surface area contributed by atoms with E-state index in [0.29, 0.717) is 11.5 Å². The molecule has 0 aliphatic rings. The highest BCUT2D eigenvalue weighted by Gasteiger charge is 2.17. The molecule has 8 heteroatoms. The summed E-state index contributed by atoms with van der Waals surface area (Å²) in [5.41, 5.74) is 3.74. The maximum atomic E-state index is 12.3. The van der Waals surface area contributed by atoms with Gasteiger partial charge in [0.15, 0.2) is 5.78 Å². The van der Waals surface area contributed by atoms with E-state index < -0.39 is 4.92 Å². The van der Waals surface area contributed by atoms with Crippen molar-refractivity contribution in [3.05, 3.63) is 68.8 Å². The number of nitrogens with zero attached hydrogens (tertiary/aromatic N) is 3. The molecule has 0 amide bonds. The summed E-state index contributed by atoms with van der Waals surface area (Å²) in [5, 5.41) is 19.3. The van der Waals surface area contributed by atoms with Gasteiger partial charge in [0, 0.05) is 22.8 Å². The summed E-state index contributed by atoms with van der Waals surface area (Å²) < 4.78 is 5.63. The van der Waals surface area contributed by atoms with Gasteiger partial charge < -0.3 is 4.42 Å². The Kier molecular flexibility index (Phi) is 5.36. The van der Waals surface area contributed by atoms with Crippen LogP contribution in [0.15, 0.2) is 46.0 Å². The Morgan fingerprint density at radius 3 is 2.48 bits per heavy atom. The monoisotopic (exact) mass is 383 g/mol. The van der Waals surface area contributed by atoms with Gasteiger partial charge >= 0.3 is 0 Å². The summed E-state index contributed by atoms with van der Waals surface area (Å²) in [6, 6.07) is 10.4. The van der Waals surface area contributed by atoms with Gasteiger partial charge in [0.05, 0.1) is 10.7 Å². The van der Waals surface area contributed by atoms with Crippen molar-refractivity contribution in [1.82, 2.24) is 10.2 Å². The molecule has 1 aromatic heterocycles. The van der Waals surface area contributed by atoms with E-state index in [1.54, 1.807) is 19.1 Å². The molecule has 0 N–H and O–H groups in total. The fourth-order valence-electron chi connectivity index (χ4n) is 2.67. The molecule has 0 spiro atoms. The van der Waals surface area contributed by atoms with Crippen molar-refractivity contribution in [2.45, 2.75) is 26.0 Å². The van der Waals surface area contributed by atoms with E-state index in [4.69, 9.17) is 4.42 Å². The van der Waals surface area contributed by atoms with E-state index in [2.05, 4.69) is 16.3 Å². The first-order valence-electron chi connectivity index (χ1n) is 8.16. The van der Waals surface area contributed by atoms with Gasteiger partial charge in [-0.05, 0) is 32.9 Å². The minimum absolute atomic E-state index is 0.0503. The van der Waals surface area contributed by atoms with E-state index in [1.165, 1.54) is 6.07 Å². The smallest absolute Gasteiger partial charge is 0.277 e. The standard InChI is InChI=1S/C19H17N3O4S/c1-11-6-12(2)8-15(7-11)18-20-21-19(26-18)27-10-17(23)14-5-4-13(3)16(9-14)22(24)25/h4-9H,10H2,1-3H3. The first kappa shape index (κ1) is 18.8. The summed E-state index contributed by atoms with van der Waals surface area (Å²) in [5.74, 6) is 0.200. The van der Waals surface area contributed by atoms with Crippen molar-refractivity contribution >= 4 is 23.2 Å². The molecule has 3 rings (SSSR count). The molecule has 1 heterocycles. The molecular formula is C19H17N3O4S. The number of nitro benzene ring substituents is 1. The van der Waals surface area contributed by atoms with Crippen LogP contribution < -0.4 is 0 Å². The van der Waals surface area contributed by atoms with E-state index in [1.807, 2.05) is 26.0 Å².